The fraction of sp³-hybridized carbons (Fsp3) is 0.677. The number of likely N-dealkylation sites (tertiary alicyclic amines) is 1. The molecule has 1 saturated carbocycles. The fourth-order valence-corrected chi connectivity index (χ4v) is 9.40. The van der Waals surface area contributed by atoms with Crippen molar-refractivity contribution in [3.63, 3.8) is 0 Å². The summed E-state index contributed by atoms with van der Waals surface area (Å²) < 4.78 is 20.1. The Morgan fingerprint density at radius 1 is 0.977 bits per heavy atom. The maximum Gasteiger partial charge on any atom is 0.320 e. The highest BCUT2D eigenvalue weighted by molar-refractivity contribution is 7.16. The molecule has 6 aliphatic rings. The lowest BCUT2D eigenvalue weighted by Gasteiger charge is -2.49. The molecule has 8 rings (SSSR count). The molecule has 5 fully saturated rings. The van der Waals surface area contributed by atoms with Crippen LogP contribution in [0.5, 0.6) is 6.01 Å². The van der Waals surface area contributed by atoms with Gasteiger partial charge in [-0.05, 0) is 56.9 Å². The van der Waals surface area contributed by atoms with Gasteiger partial charge < -0.3 is 30.5 Å². The first-order valence-corrected chi connectivity index (χ1v) is 16.6. The zero-order valence-corrected chi connectivity index (χ0v) is 25.3. The lowest BCUT2D eigenvalue weighted by atomic mass is 9.74. The molecule has 2 bridgehead atoms. The van der Waals surface area contributed by atoms with E-state index >= 15 is 0 Å². The molecule has 10 nitrogen and oxygen atoms in total. The van der Waals surface area contributed by atoms with E-state index in [0.717, 1.165) is 76.8 Å². The molecule has 2 atom stereocenters. The number of piperidine rings is 1. The lowest BCUT2D eigenvalue weighted by Crippen LogP contribution is -2.59. The van der Waals surface area contributed by atoms with Crippen LogP contribution in [0.4, 0.5) is 21.0 Å². The SMILES string of the molecule is N#Cc1c(N2CC3CCC(C2)N3)nc(OCC2(CN3CCC(F)CC3)CC2)nc1N1CC2(CCc3sc(N)c(C#N)c32)C1. The lowest BCUT2D eigenvalue weighted by molar-refractivity contribution is 0.107. The molecular formula is C31H38FN9OS. The second-order valence-electron chi connectivity index (χ2n) is 13.8. The topological polar surface area (TPSA) is 130 Å². The number of piperazine rings is 1. The molecule has 0 aromatic carbocycles. The number of alkyl halides is 1. The number of rotatable bonds is 7. The molecule has 3 N–H and O–H groups in total. The number of nitrogens with zero attached hydrogens (tertiary/aromatic N) is 7. The zero-order chi connectivity index (χ0) is 29.3. The first kappa shape index (κ1) is 27.4. The predicted molar refractivity (Wildman–Crippen MR) is 162 cm³/mol. The third-order valence-corrected chi connectivity index (χ3v) is 11.9. The molecule has 2 aromatic heterocycles. The number of hydrogen-bond acceptors (Lipinski definition) is 11. The zero-order valence-electron chi connectivity index (χ0n) is 24.4. The number of halogens is 1. The Balaban J connectivity index is 1.07. The molecule has 2 aliphatic carbocycles. The third kappa shape index (κ3) is 4.70. The Hall–Kier alpha value is -3.19. The number of aromatic nitrogens is 2. The summed E-state index contributed by atoms with van der Waals surface area (Å²) in [6, 6.07) is 5.94. The molecule has 2 aromatic rings. The van der Waals surface area contributed by atoms with Crippen LogP contribution in [0.15, 0.2) is 0 Å². The standard InChI is InChI=1S/C31H38FN9OS/c32-19-4-9-39(10-5-19)15-30(7-8-30)18-42-29-37-27(40-13-20-1-2-21(14-40)36-20)23(12-34)28(38-29)41-16-31(17-41)6-3-24-25(31)22(11-33)26(35)43-24/h19-21,36H,1-10,13-18,35H2. The van der Waals surface area contributed by atoms with Gasteiger partial charge in [0.15, 0.2) is 11.6 Å². The van der Waals surface area contributed by atoms with Gasteiger partial charge in [0.1, 0.15) is 28.9 Å². The van der Waals surface area contributed by atoms with Crippen molar-refractivity contribution in [1.82, 2.24) is 20.2 Å². The number of nitrogens with two attached hydrogens (primary N) is 1. The molecule has 4 saturated heterocycles. The molecule has 6 heterocycles. The molecule has 1 spiro atoms. The Bertz CT molecular complexity index is 1500. The summed E-state index contributed by atoms with van der Waals surface area (Å²) in [5, 5.41) is 24.6. The molecule has 0 radical (unpaired) electrons. The number of nitrogen functional groups attached to an aromatic ring is 1. The van der Waals surface area contributed by atoms with Gasteiger partial charge in [-0.1, -0.05) is 0 Å². The van der Waals surface area contributed by atoms with E-state index in [2.05, 4.69) is 32.2 Å². The minimum atomic E-state index is -0.674. The van der Waals surface area contributed by atoms with Crippen LogP contribution in [0.25, 0.3) is 0 Å². The van der Waals surface area contributed by atoms with Crippen molar-refractivity contribution < 1.29 is 9.13 Å². The number of aryl methyl sites for hydroxylation is 1. The molecule has 2 unspecified atom stereocenters. The summed E-state index contributed by atoms with van der Waals surface area (Å²) in [6.07, 6.45) is 6.90. The van der Waals surface area contributed by atoms with E-state index in [-0.39, 0.29) is 10.8 Å². The van der Waals surface area contributed by atoms with Gasteiger partial charge in [-0.25, -0.2) is 4.39 Å². The molecular weight excluding hydrogens is 565 g/mol. The smallest absolute Gasteiger partial charge is 0.320 e. The van der Waals surface area contributed by atoms with E-state index in [1.165, 1.54) is 4.88 Å². The minimum absolute atomic E-state index is 0.0581. The van der Waals surface area contributed by atoms with Crippen molar-refractivity contribution in [2.75, 3.05) is 68.0 Å². The predicted octanol–water partition coefficient (Wildman–Crippen LogP) is 3.10. The van der Waals surface area contributed by atoms with E-state index in [1.54, 1.807) is 11.3 Å². The largest absolute Gasteiger partial charge is 0.463 e. The maximum absolute atomic E-state index is 13.7. The summed E-state index contributed by atoms with van der Waals surface area (Å²) in [4.78, 5) is 17.8. The summed E-state index contributed by atoms with van der Waals surface area (Å²) in [5.41, 5.74) is 8.39. The van der Waals surface area contributed by atoms with Crippen molar-refractivity contribution in [2.24, 2.45) is 5.41 Å². The second-order valence-corrected chi connectivity index (χ2v) is 14.9. The van der Waals surface area contributed by atoms with Crippen molar-refractivity contribution in [3.05, 3.63) is 21.6 Å². The van der Waals surface area contributed by atoms with Gasteiger partial charge in [-0.2, -0.15) is 20.5 Å². The average molecular weight is 604 g/mol. The molecule has 12 heteroatoms. The number of ether oxygens (including phenoxy) is 1. The average Bonchev–Trinajstić information content (AvgIpc) is 3.36. The van der Waals surface area contributed by atoms with Crippen LogP contribution in [0.1, 0.15) is 66.5 Å². The van der Waals surface area contributed by atoms with Crippen LogP contribution in [0, 0.1) is 28.1 Å². The van der Waals surface area contributed by atoms with Crippen molar-refractivity contribution in [1.29, 1.82) is 10.5 Å². The van der Waals surface area contributed by atoms with Crippen LogP contribution in [-0.4, -0.2) is 85.5 Å². The maximum atomic E-state index is 13.7. The highest BCUT2D eigenvalue weighted by atomic mass is 32.1. The number of nitriles is 2. The summed E-state index contributed by atoms with van der Waals surface area (Å²) in [7, 11) is 0. The van der Waals surface area contributed by atoms with Crippen LogP contribution < -0.4 is 25.6 Å². The summed E-state index contributed by atoms with van der Waals surface area (Å²) in [6.45, 7) is 6.04. The normalized spacial score (nSPS) is 27.0. The highest BCUT2D eigenvalue weighted by Gasteiger charge is 2.52. The molecule has 43 heavy (non-hydrogen) atoms. The highest BCUT2D eigenvalue weighted by Crippen LogP contribution is 2.53. The van der Waals surface area contributed by atoms with Crippen molar-refractivity contribution >= 4 is 28.0 Å². The van der Waals surface area contributed by atoms with E-state index in [9.17, 15) is 14.9 Å². The van der Waals surface area contributed by atoms with Crippen LogP contribution >= 0.6 is 11.3 Å². The van der Waals surface area contributed by atoms with Crippen molar-refractivity contribution in [2.45, 2.75) is 75.0 Å². The Labute approximate surface area is 255 Å². The first-order chi connectivity index (χ1) is 20.9. The monoisotopic (exact) mass is 603 g/mol. The second kappa shape index (κ2) is 10.2. The van der Waals surface area contributed by atoms with Crippen LogP contribution in [0.3, 0.4) is 0 Å². The number of hydrogen-bond donors (Lipinski definition) is 2. The molecule has 4 aliphatic heterocycles. The number of nitrogens with one attached hydrogen (secondary N) is 1. The fourth-order valence-electron chi connectivity index (χ4n) is 8.26. The Morgan fingerprint density at radius 3 is 2.30 bits per heavy atom. The Kier molecular flexibility index (Phi) is 6.48. The summed E-state index contributed by atoms with van der Waals surface area (Å²) in [5.74, 6) is 1.30. The number of fused-ring (bicyclic) bond motifs is 4. The minimum Gasteiger partial charge on any atom is -0.463 e. The van der Waals surface area contributed by atoms with Gasteiger partial charge in [0.2, 0.25) is 0 Å². The van der Waals surface area contributed by atoms with Gasteiger partial charge in [0.25, 0.3) is 0 Å². The van der Waals surface area contributed by atoms with E-state index < -0.39 is 6.17 Å². The van der Waals surface area contributed by atoms with Gasteiger partial charge >= 0.3 is 6.01 Å². The van der Waals surface area contributed by atoms with Gasteiger partial charge in [0, 0.05) is 73.6 Å². The van der Waals surface area contributed by atoms with E-state index in [4.69, 9.17) is 20.4 Å². The number of thiophene rings is 1. The van der Waals surface area contributed by atoms with E-state index in [1.807, 2.05) is 0 Å². The molecule has 0 amide bonds. The van der Waals surface area contributed by atoms with Gasteiger partial charge in [-0.3, -0.25) is 0 Å². The summed E-state index contributed by atoms with van der Waals surface area (Å²) >= 11 is 1.55. The van der Waals surface area contributed by atoms with Gasteiger partial charge in [0.05, 0.1) is 12.2 Å². The quantitative estimate of drug-likeness (QED) is 0.487. The number of anilines is 3. The van der Waals surface area contributed by atoms with Crippen LogP contribution in [0.2, 0.25) is 0 Å². The first-order valence-electron chi connectivity index (χ1n) is 15.8. The Morgan fingerprint density at radius 2 is 1.65 bits per heavy atom. The third-order valence-electron chi connectivity index (χ3n) is 10.8. The van der Waals surface area contributed by atoms with Crippen LogP contribution in [-0.2, 0) is 11.8 Å². The van der Waals surface area contributed by atoms with Crippen molar-refractivity contribution in [3.8, 4) is 18.1 Å². The van der Waals surface area contributed by atoms with E-state index in [0.29, 0.717) is 78.4 Å². The molecule has 226 valence electrons. The van der Waals surface area contributed by atoms with Gasteiger partial charge in [-0.15, -0.1) is 11.3 Å².